The molecule has 35 heavy (non-hydrogen) atoms. The average molecular weight is 490 g/mol. The number of nitrogens with one attached hydrogen (secondary N) is 2. The van der Waals surface area contributed by atoms with Crippen molar-refractivity contribution in [3.05, 3.63) is 65.8 Å². The summed E-state index contributed by atoms with van der Waals surface area (Å²) in [6, 6.07) is 4.43. The van der Waals surface area contributed by atoms with Crippen LogP contribution in [0.3, 0.4) is 0 Å². The molecule has 1 fully saturated rings. The zero-order chi connectivity index (χ0) is 27.5. The number of carbonyl (C=O) groups excluding carboxylic acids is 1. The van der Waals surface area contributed by atoms with Crippen LogP contribution in [0.5, 0.6) is 0 Å². The molecule has 1 aliphatic carbocycles. The maximum absolute atomic E-state index is 12.2. The minimum atomic E-state index is -0.360. The molecule has 202 valence electrons. The summed E-state index contributed by atoms with van der Waals surface area (Å²) in [6.45, 7) is 24.6. The number of allylic oxidation sites excluding steroid dienone is 2. The number of ether oxygens (including phenoxy) is 1. The van der Waals surface area contributed by atoms with Crippen molar-refractivity contribution >= 4 is 5.97 Å². The summed E-state index contributed by atoms with van der Waals surface area (Å²) in [4.78, 5) is 16.2. The predicted octanol–water partition coefficient (Wildman–Crippen LogP) is 8.11. The van der Waals surface area contributed by atoms with Crippen molar-refractivity contribution in [1.82, 2.24) is 15.6 Å². The van der Waals surface area contributed by atoms with E-state index in [0.717, 1.165) is 17.0 Å². The van der Waals surface area contributed by atoms with Crippen LogP contribution < -0.4 is 10.6 Å². The lowest BCUT2D eigenvalue weighted by molar-refractivity contribution is -0.138. The third-order valence-electron chi connectivity index (χ3n) is 4.69. The number of esters is 1. The topological polar surface area (TPSA) is 63.2 Å². The van der Waals surface area contributed by atoms with Gasteiger partial charge in [-0.1, -0.05) is 87.3 Å². The van der Waals surface area contributed by atoms with Gasteiger partial charge in [0.05, 0.1) is 17.9 Å². The number of hydrogen-bond acceptors (Lipinski definition) is 5. The second-order valence-electron chi connectivity index (χ2n) is 6.75. The van der Waals surface area contributed by atoms with E-state index in [1.54, 1.807) is 25.4 Å². The molecule has 1 aromatic heterocycles. The first-order valence-corrected chi connectivity index (χ1v) is 13.8. The van der Waals surface area contributed by atoms with Gasteiger partial charge in [0.15, 0.2) is 0 Å². The van der Waals surface area contributed by atoms with E-state index >= 15 is 0 Å². The monoisotopic (exact) mass is 489 g/mol. The van der Waals surface area contributed by atoms with Crippen molar-refractivity contribution in [2.75, 3.05) is 6.61 Å². The third kappa shape index (κ3) is 17.5. The highest BCUT2D eigenvalue weighted by Crippen LogP contribution is 2.19. The van der Waals surface area contributed by atoms with Crippen LogP contribution >= 0.6 is 0 Å². The summed E-state index contributed by atoms with van der Waals surface area (Å²) in [5, 5.41) is 7.07. The zero-order valence-electron chi connectivity index (χ0n) is 24.5. The molecule has 5 nitrogen and oxygen atoms in total. The van der Waals surface area contributed by atoms with Gasteiger partial charge >= 0.3 is 5.97 Å². The van der Waals surface area contributed by atoms with Gasteiger partial charge in [0.25, 0.3) is 0 Å². The molecular formula is C30H55N3O2. The van der Waals surface area contributed by atoms with E-state index in [4.69, 9.17) is 4.74 Å². The summed E-state index contributed by atoms with van der Waals surface area (Å²) in [6.07, 6.45) is 13.1. The second kappa shape index (κ2) is 27.7. The smallest absolute Gasteiger partial charge is 0.338 e. The minimum Gasteiger partial charge on any atom is -0.462 e. The van der Waals surface area contributed by atoms with Crippen molar-refractivity contribution in [1.29, 1.82) is 0 Å². The lowest BCUT2D eigenvalue weighted by Gasteiger charge is -2.25. The van der Waals surface area contributed by atoms with Crippen LogP contribution in [0.15, 0.2) is 60.2 Å². The lowest BCUT2D eigenvalue weighted by atomic mass is 9.95. The number of hydrogen-bond donors (Lipinski definition) is 2. The Morgan fingerprint density at radius 2 is 1.57 bits per heavy atom. The first-order chi connectivity index (χ1) is 17.1. The normalized spacial score (nSPS) is 13.3. The van der Waals surface area contributed by atoms with E-state index < -0.39 is 0 Å². The molecule has 0 saturated heterocycles. The predicted molar refractivity (Wildman–Crippen MR) is 154 cm³/mol. The van der Waals surface area contributed by atoms with Crippen LogP contribution in [0.2, 0.25) is 0 Å². The Morgan fingerprint density at radius 1 is 1.03 bits per heavy atom. The molecule has 0 aromatic carbocycles. The molecule has 1 aliphatic rings. The van der Waals surface area contributed by atoms with E-state index in [0.29, 0.717) is 24.8 Å². The van der Waals surface area contributed by atoms with Gasteiger partial charge in [0, 0.05) is 30.7 Å². The Morgan fingerprint density at radius 3 is 2.06 bits per heavy atom. The molecule has 0 amide bonds. The molecule has 2 rings (SSSR count). The number of pyridine rings is 1. The Bertz CT molecular complexity index is 676. The van der Waals surface area contributed by atoms with Crippen molar-refractivity contribution < 1.29 is 9.53 Å². The SMILES string of the molecule is C=C/C(=C\C(NCc1ccncc1)=C(/C)NC1CCCCC1)C(=O)OCC.CC.CC.CC.CC. The van der Waals surface area contributed by atoms with Gasteiger partial charge in [0.2, 0.25) is 0 Å². The Labute approximate surface area is 217 Å². The molecule has 1 aromatic rings. The van der Waals surface area contributed by atoms with Gasteiger partial charge in [-0.2, -0.15) is 0 Å². The van der Waals surface area contributed by atoms with E-state index in [2.05, 4.69) is 22.2 Å². The number of nitrogens with zero attached hydrogens (tertiary/aromatic N) is 1. The first kappa shape index (κ1) is 37.0. The molecule has 0 atom stereocenters. The molecule has 0 bridgehead atoms. The Kier molecular flexibility index (Phi) is 29.3. The third-order valence-corrected chi connectivity index (χ3v) is 4.69. The van der Waals surface area contributed by atoms with Gasteiger partial charge < -0.3 is 15.4 Å². The molecule has 5 heteroatoms. The van der Waals surface area contributed by atoms with E-state index in [-0.39, 0.29) is 5.97 Å². The molecule has 1 saturated carbocycles. The molecule has 0 unspecified atom stereocenters. The van der Waals surface area contributed by atoms with Crippen LogP contribution in [0, 0.1) is 0 Å². The first-order valence-electron chi connectivity index (χ1n) is 13.8. The quantitative estimate of drug-likeness (QED) is 0.208. The highest BCUT2D eigenvalue weighted by Gasteiger charge is 2.15. The fourth-order valence-corrected chi connectivity index (χ4v) is 3.19. The molecule has 2 N–H and O–H groups in total. The summed E-state index contributed by atoms with van der Waals surface area (Å²) >= 11 is 0. The van der Waals surface area contributed by atoms with E-state index in [1.807, 2.05) is 80.5 Å². The molecule has 0 spiro atoms. The van der Waals surface area contributed by atoms with Crippen LogP contribution in [0.4, 0.5) is 0 Å². The largest absolute Gasteiger partial charge is 0.462 e. The summed E-state index contributed by atoms with van der Waals surface area (Å²) in [7, 11) is 0. The summed E-state index contributed by atoms with van der Waals surface area (Å²) in [5.74, 6) is -0.360. The van der Waals surface area contributed by atoms with Crippen LogP contribution in [-0.4, -0.2) is 23.6 Å². The lowest BCUT2D eigenvalue weighted by Crippen LogP contribution is -2.32. The van der Waals surface area contributed by atoms with Gasteiger partial charge in [-0.15, -0.1) is 0 Å². The number of carbonyl (C=O) groups is 1. The molecular weight excluding hydrogens is 434 g/mol. The van der Waals surface area contributed by atoms with Crippen molar-refractivity contribution in [3.63, 3.8) is 0 Å². The second-order valence-corrected chi connectivity index (χ2v) is 6.75. The van der Waals surface area contributed by atoms with Gasteiger partial charge in [0.1, 0.15) is 0 Å². The average Bonchev–Trinajstić information content (AvgIpc) is 2.94. The van der Waals surface area contributed by atoms with Crippen LogP contribution in [0.25, 0.3) is 0 Å². The van der Waals surface area contributed by atoms with Crippen LogP contribution in [0.1, 0.15) is 107 Å². The fraction of sp³-hybridized carbons (Fsp3) is 0.600. The van der Waals surface area contributed by atoms with Crippen molar-refractivity contribution in [2.24, 2.45) is 0 Å². The number of rotatable bonds is 9. The molecule has 1 heterocycles. The Balaban J connectivity index is -0.00000116. The number of aromatic nitrogens is 1. The van der Waals surface area contributed by atoms with Gasteiger partial charge in [-0.25, -0.2) is 4.79 Å². The highest BCUT2D eigenvalue weighted by atomic mass is 16.5. The minimum absolute atomic E-state index is 0.340. The molecule has 0 radical (unpaired) electrons. The maximum Gasteiger partial charge on any atom is 0.338 e. The fourth-order valence-electron chi connectivity index (χ4n) is 3.19. The van der Waals surface area contributed by atoms with Crippen LogP contribution in [-0.2, 0) is 16.1 Å². The van der Waals surface area contributed by atoms with E-state index in [9.17, 15) is 4.79 Å². The van der Waals surface area contributed by atoms with Gasteiger partial charge in [-0.3, -0.25) is 4.98 Å². The van der Waals surface area contributed by atoms with E-state index in [1.165, 1.54) is 32.1 Å². The summed E-state index contributed by atoms with van der Waals surface area (Å²) in [5.41, 5.74) is 3.47. The van der Waals surface area contributed by atoms with Gasteiger partial charge in [-0.05, 0) is 50.5 Å². The highest BCUT2D eigenvalue weighted by molar-refractivity contribution is 5.92. The standard InChI is InChI=1S/C22H31N3O2.4C2H6/c1-4-19(22(26)27-5-2)15-21(24-16-18-11-13-23-14-12-18)17(3)25-20-9-7-6-8-10-20;4*1-2/h4,11-15,20,24-25H,1,5-10,16H2,2-3H3;4*1-2H3/b19-15+,21-17-;;;;. The molecule has 0 aliphatic heterocycles. The summed E-state index contributed by atoms with van der Waals surface area (Å²) < 4.78 is 5.13. The maximum atomic E-state index is 12.2. The van der Waals surface area contributed by atoms with Crippen molar-refractivity contribution in [2.45, 2.75) is 114 Å². The zero-order valence-corrected chi connectivity index (χ0v) is 24.5. The Hall–Kier alpha value is -2.56. The van der Waals surface area contributed by atoms with Crippen molar-refractivity contribution in [3.8, 4) is 0 Å².